The highest BCUT2D eigenvalue weighted by molar-refractivity contribution is 7.80. The predicted molar refractivity (Wildman–Crippen MR) is 88.5 cm³/mol. The van der Waals surface area contributed by atoms with Crippen LogP contribution in [0.15, 0.2) is 53.4 Å². The Hall–Kier alpha value is -1.71. The number of halogens is 1. The van der Waals surface area contributed by atoms with E-state index in [2.05, 4.69) is 22.9 Å². The quantitative estimate of drug-likeness (QED) is 0.634. The molecular formula is C16H13ClN2S. The second-order valence-corrected chi connectivity index (χ2v) is 5.48. The van der Waals surface area contributed by atoms with Crippen molar-refractivity contribution in [1.82, 2.24) is 4.98 Å². The molecule has 2 nitrogen and oxygen atoms in total. The van der Waals surface area contributed by atoms with Gasteiger partial charge in [-0.05, 0) is 31.2 Å². The van der Waals surface area contributed by atoms with Crippen molar-refractivity contribution in [2.24, 2.45) is 0 Å². The van der Waals surface area contributed by atoms with Gasteiger partial charge in [0, 0.05) is 21.7 Å². The maximum absolute atomic E-state index is 6.23. The highest BCUT2D eigenvalue weighted by Gasteiger charge is 2.08. The molecule has 4 heteroatoms. The van der Waals surface area contributed by atoms with Crippen molar-refractivity contribution >= 4 is 46.5 Å². The molecule has 0 atom stereocenters. The highest BCUT2D eigenvalue weighted by atomic mass is 35.5. The van der Waals surface area contributed by atoms with E-state index in [1.165, 1.54) is 0 Å². The molecule has 0 aliphatic rings. The first kappa shape index (κ1) is 13.3. The second kappa shape index (κ2) is 5.35. The smallest absolute Gasteiger partial charge is 0.0912 e. The third kappa shape index (κ3) is 2.47. The number of fused-ring (bicyclic) bond motifs is 1. The molecule has 1 heterocycles. The maximum Gasteiger partial charge on any atom is 0.0912 e. The van der Waals surface area contributed by atoms with E-state index >= 15 is 0 Å². The van der Waals surface area contributed by atoms with Gasteiger partial charge >= 0.3 is 0 Å². The molecule has 0 bridgehead atoms. The standard InChI is InChI=1S/C16H13ClN2S/c1-10-9-14(19-13-7-2-3-8-15(13)20)11-5-4-6-12(17)16(11)18-10/h2-9,20H,1H3,(H,18,19). The SMILES string of the molecule is Cc1cc(Nc2ccccc2S)c2cccc(Cl)c2n1. The lowest BCUT2D eigenvalue weighted by Crippen LogP contribution is -1.95. The lowest BCUT2D eigenvalue weighted by atomic mass is 10.1. The van der Waals surface area contributed by atoms with E-state index in [9.17, 15) is 0 Å². The normalized spacial score (nSPS) is 10.8. The Morgan fingerprint density at radius 2 is 1.85 bits per heavy atom. The predicted octanol–water partition coefficient (Wildman–Crippen LogP) is 5.23. The van der Waals surface area contributed by atoms with Crippen LogP contribution in [0.25, 0.3) is 10.9 Å². The van der Waals surface area contributed by atoms with Crippen molar-refractivity contribution in [1.29, 1.82) is 0 Å². The largest absolute Gasteiger partial charge is 0.354 e. The van der Waals surface area contributed by atoms with E-state index < -0.39 is 0 Å². The van der Waals surface area contributed by atoms with E-state index in [0.717, 1.165) is 32.9 Å². The molecule has 0 fully saturated rings. The summed E-state index contributed by atoms with van der Waals surface area (Å²) in [6.45, 7) is 1.96. The summed E-state index contributed by atoms with van der Waals surface area (Å²) < 4.78 is 0. The summed E-state index contributed by atoms with van der Waals surface area (Å²) in [5, 5.41) is 5.07. The van der Waals surface area contributed by atoms with Crippen LogP contribution in [0.5, 0.6) is 0 Å². The molecule has 0 unspecified atom stereocenters. The fourth-order valence-electron chi connectivity index (χ4n) is 2.17. The molecule has 0 radical (unpaired) electrons. The van der Waals surface area contributed by atoms with Gasteiger partial charge < -0.3 is 5.32 Å². The Balaban J connectivity index is 2.17. The zero-order valence-corrected chi connectivity index (χ0v) is 12.5. The Kier molecular flexibility index (Phi) is 3.55. The summed E-state index contributed by atoms with van der Waals surface area (Å²) >= 11 is 10.7. The van der Waals surface area contributed by atoms with Crippen LogP contribution in [0.2, 0.25) is 5.02 Å². The van der Waals surface area contributed by atoms with Crippen molar-refractivity contribution in [2.75, 3.05) is 5.32 Å². The van der Waals surface area contributed by atoms with Gasteiger partial charge in [-0.3, -0.25) is 4.98 Å². The van der Waals surface area contributed by atoms with Crippen LogP contribution in [-0.4, -0.2) is 4.98 Å². The third-order valence-electron chi connectivity index (χ3n) is 3.09. The van der Waals surface area contributed by atoms with Gasteiger partial charge in [-0.25, -0.2) is 0 Å². The van der Waals surface area contributed by atoms with Crippen molar-refractivity contribution in [2.45, 2.75) is 11.8 Å². The fraction of sp³-hybridized carbons (Fsp3) is 0.0625. The molecule has 3 aromatic rings. The van der Waals surface area contributed by atoms with Gasteiger partial charge in [0.15, 0.2) is 0 Å². The number of aryl methyl sites for hydroxylation is 1. The van der Waals surface area contributed by atoms with Crippen LogP contribution in [0.4, 0.5) is 11.4 Å². The van der Waals surface area contributed by atoms with Crippen molar-refractivity contribution < 1.29 is 0 Å². The lowest BCUT2D eigenvalue weighted by Gasteiger charge is -2.13. The Labute approximate surface area is 128 Å². The number of benzene rings is 2. The number of para-hydroxylation sites is 2. The Morgan fingerprint density at radius 1 is 1.05 bits per heavy atom. The minimum atomic E-state index is 0.661. The first-order valence-corrected chi connectivity index (χ1v) is 7.08. The molecule has 0 saturated heterocycles. The monoisotopic (exact) mass is 300 g/mol. The van der Waals surface area contributed by atoms with Gasteiger partial charge in [0.05, 0.1) is 16.2 Å². The van der Waals surface area contributed by atoms with E-state index in [0.29, 0.717) is 5.02 Å². The molecule has 1 aromatic heterocycles. The van der Waals surface area contributed by atoms with Crippen molar-refractivity contribution in [3.8, 4) is 0 Å². The zero-order chi connectivity index (χ0) is 14.1. The van der Waals surface area contributed by atoms with Crippen LogP contribution in [0.3, 0.4) is 0 Å². The summed E-state index contributed by atoms with van der Waals surface area (Å²) in [6.07, 6.45) is 0. The van der Waals surface area contributed by atoms with E-state index in [1.807, 2.05) is 55.5 Å². The Bertz CT molecular complexity index is 787. The van der Waals surface area contributed by atoms with Gasteiger partial charge in [0.25, 0.3) is 0 Å². The second-order valence-electron chi connectivity index (χ2n) is 4.59. The molecule has 0 spiro atoms. The molecule has 2 aromatic carbocycles. The average Bonchev–Trinajstić information content (AvgIpc) is 2.42. The van der Waals surface area contributed by atoms with Gasteiger partial charge in [0.2, 0.25) is 0 Å². The average molecular weight is 301 g/mol. The van der Waals surface area contributed by atoms with Crippen molar-refractivity contribution in [3.05, 3.63) is 59.2 Å². The molecule has 1 N–H and O–H groups in total. The first-order valence-electron chi connectivity index (χ1n) is 6.26. The number of nitrogens with zero attached hydrogens (tertiary/aromatic N) is 1. The molecule has 0 aliphatic carbocycles. The molecule has 0 amide bonds. The van der Waals surface area contributed by atoms with Crippen LogP contribution in [-0.2, 0) is 0 Å². The van der Waals surface area contributed by atoms with Gasteiger partial charge in [-0.15, -0.1) is 12.6 Å². The number of hydrogen-bond acceptors (Lipinski definition) is 3. The van der Waals surface area contributed by atoms with Gasteiger partial charge in [-0.2, -0.15) is 0 Å². The fourth-order valence-corrected chi connectivity index (χ4v) is 2.60. The van der Waals surface area contributed by atoms with Crippen molar-refractivity contribution in [3.63, 3.8) is 0 Å². The van der Waals surface area contributed by atoms with Crippen LogP contribution in [0.1, 0.15) is 5.69 Å². The summed E-state index contributed by atoms with van der Waals surface area (Å²) in [5.74, 6) is 0. The number of pyridine rings is 1. The topological polar surface area (TPSA) is 24.9 Å². The minimum Gasteiger partial charge on any atom is -0.354 e. The number of hydrogen-bond donors (Lipinski definition) is 2. The van der Waals surface area contributed by atoms with E-state index in [4.69, 9.17) is 11.6 Å². The maximum atomic E-state index is 6.23. The summed E-state index contributed by atoms with van der Waals surface area (Å²) in [7, 11) is 0. The van der Waals surface area contributed by atoms with Gasteiger partial charge in [0.1, 0.15) is 0 Å². The van der Waals surface area contributed by atoms with E-state index in [1.54, 1.807) is 0 Å². The summed E-state index contributed by atoms with van der Waals surface area (Å²) in [4.78, 5) is 5.41. The zero-order valence-electron chi connectivity index (χ0n) is 10.9. The summed E-state index contributed by atoms with van der Waals surface area (Å²) in [6, 6.07) is 15.7. The molecular weight excluding hydrogens is 288 g/mol. The lowest BCUT2D eigenvalue weighted by molar-refractivity contribution is 1.25. The molecule has 100 valence electrons. The first-order chi connectivity index (χ1) is 9.65. The molecule has 20 heavy (non-hydrogen) atoms. The molecule has 0 saturated carbocycles. The Morgan fingerprint density at radius 3 is 2.65 bits per heavy atom. The third-order valence-corrected chi connectivity index (χ3v) is 3.79. The van der Waals surface area contributed by atoms with E-state index in [-0.39, 0.29) is 0 Å². The number of anilines is 2. The van der Waals surface area contributed by atoms with Crippen LogP contribution < -0.4 is 5.32 Å². The number of thiol groups is 1. The van der Waals surface area contributed by atoms with Crippen LogP contribution >= 0.6 is 24.2 Å². The van der Waals surface area contributed by atoms with Gasteiger partial charge in [-0.1, -0.05) is 35.9 Å². The number of nitrogens with one attached hydrogen (secondary N) is 1. The number of aromatic nitrogens is 1. The summed E-state index contributed by atoms with van der Waals surface area (Å²) in [5.41, 5.74) is 3.68. The highest BCUT2D eigenvalue weighted by Crippen LogP contribution is 2.31. The molecule has 0 aliphatic heterocycles. The minimum absolute atomic E-state index is 0.661. The number of rotatable bonds is 2. The molecule has 3 rings (SSSR count). The van der Waals surface area contributed by atoms with Crippen LogP contribution in [0, 0.1) is 6.92 Å².